The van der Waals surface area contributed by atoms with E-state index >= 15 is 0 Å². The highest BCUT2D eigenvalue weighted by Crippen LogP contribution is 2.17. The summed E-state index contributed by atoms with van der Waals surface area (Å²) in [4.78, 5) is 69.5. The largest absolute Gasteiger partial charge is 0.491 e. The Kier molecular flexibility index (Phi) is 25.5. The van der Waals surface area contributed by atoms with Crippen LogP contribution < -0.4 is 9.47 Å². The van der Waals surface area contributed by atoms with Crippen molar-refractivity contribution in [1.29, 1.82) is 0 Å². The summed E-state index contributed by atoms with van der Waals surface area (Å²) >= 11 is 1.27. The normalized spacial score (nSPS) is 11.8. The van der Waals surface area contributed by atoms with Crippen LogP contribution in [0, 0.1) is 0 Å². The number of hydrogen-bond donors (Lipinski definition) is 2. The molecule has 0 aliphatic heterocycles. The number of hydrogen-bond acceptors (Lipinski definition) is 14. The molecule has 2 atom stereocenters. The summed E-state index contributed by atoms with van der Waals surface area (Å²) in [7, 11) is 0. The third-order valence-corrected chi connectivity index (χ3v) is 8.93. The zero-order valence-electron chi connectivity index (χ0n) is 32.7. The SMILES string of the molecule is C=CC(=O)OC(CCCOCCCC(COCCOc1ccc(C(=O)CSCCC(=O)O)cc1)OC(=O)C=C)COCCOc1ccc(C(=O)CCCC(=O)O)cc1. The molecule has 0 aliphatic rings. The lowest BCUT2D eigenvalue weighted by molar-refractivity contribution is -0.147. The van der Waals surface area contributed by atoms with Gasteiger partial charge in [0.15, 0.2) is 11.6 Å². The minimum absolute atomic E-state index is 0.00575. The minimum Gasteiger partial charge on any atom is -0.491 e. The number of carbonyl (C=O) groups is 6. The van der Waals surface area contributed by atoms with Crippen molar-refractivity contribution < 1.29 is 72.1 Å². The summed E-state index contributed by atoms with van der Waals surface area (Å²) in [5.41, 5.74) is 0.991. The molecular formula is C42H54O15S. The predicted molar refractivity (Wildman–Crippen MR) is 215 cm³/mol. The van der Waals surface area contributed by atoms with E-state index < -0.39 is 36.1 Å². The van der Waals surface area contributed by atoms with Crippen LogP contribution in [0.15, 0.2) is 73.8 Å². The van der Waals surface area contributed by atoms with Crippen LogP contribution in [0.4, 0.5) is 0 Å². The van der Waals surface area contributed by atoms with Crippen LogP contribution in [0.1, 0.15) is 72.1 Å². The number of esters is 2. The highest BCUT2D eigenvalue weighted by molar-refractivity contribution is 8.00. The van der Waals surface area contributed by atoms with Gasteiger partial charge in [-0.3, -0.25) is 19.2 Å². The van der Waals surface area contributed by atoms with Gasteiger partial charge in [-0.2, -0.15) is 11.8 Å². The Morgan fingerprint density at radius 3 is 1.48 bits per heavy atom. The van der Waals surface area contributed by atoms with Crippen molar-refractivity contribution in [3.05, 3.63) is 85.0 Å². The van der Waals surface area contributed by atoms with Crippen molar-refractivity contribution in [2.45, 2.75) is 63.6 Å². The molecule has 0 aliphatic carbocycles. The van der Waals surface area contributed by atoms with Crippen LogP contribution >= 0.6 is 11.8 Å². The van der Waals surface area contributed by atoms with Crippen molar-refractivity contribution in [3.8, 4) is 11.5 Å². The molecule has 2 rings (SSSR count). The van der Waals surface area contributed by atoms with Crippen LogP contribution in [0.3, 0.4) is 0 Å². The van der Waals surface area contributed by atoms with E-state index in [1.807, 2.05) is 0 Å². The minimum atomic E-state index is -0.936. The van der Waals surface area contributed by atoms with E-state index in [9.17, 15) is 28.8 Å². The third kappa shape index (κ3) is 23.3. The molecule has 15 nitrogen and oxygen atoms in total. The lowest BCUT2D eigenvalue weighted by Gasteiger charge is -2.18. The Bertz CT molecular complexity index is 1580. The van der Waals surface area contributed by atoms with Crippen molar-refractivity contribution in [2.75, 3.05) is 64.4 Å². The number of ether oxygens (including phenoxy) is 7. The fourth-order valence-corrected chi connectivity index (χ4v) is 5.81. The first kappa shape index (κ1) is 49.1. The number of benzene rings is 2. The number of ketones is 2. The Labute approximate surface area is 343 Å². The average Bonchev–Trinajstić information content (AvgIpc) is 3.21. The summed E-state index contributed by atoms with van der Waals surface area (Å²) in [5.74, 6) is -1.53. The van der Waals surface area contributed by atoms with E-state index in [0.29, 0.717) is 67.3 Å². The zero-order chi connectivity index (χ0) is 42.4. The van der Waals surface area contributed by atoms with Gasteiger partial charge in [-0.1, -0.05) is 13.2 Å². The van der Waals surface area contributed by atoms with E-state index in [2.05, 4.69) is 13.2 Å². The fourth-order valence-electron chi connectivity index (χ4n) is 5.00. The second-order valence-electron chi connectivity index (χ2n) is 12.6. The maximum Gasteiger partial charge on any atom is 0.330 e. The molecule has 16 heteroatoms. The summed E-state index contributed by atoms with van der Waals surface area (Å²) in [6.07, 6.45) is 3.63. The fraction of sp³-hybridized carbons (Fsp3) is 0.476. The maximum atomic E-state index is 12.3. The Hall–Kier alpha value is -5.03. The lowest BCUT2D eigenvalue weighted by atomic mass is 10.1. The van der Waals surface area contributed by atoms with Crippen LogP contribution in [0.5, 0.6) is 11.5 Å². The molecule has 0 aromatic heterocycles. The van der Waals surface area contributed by atoms with Gasteiger partial charge < -0.3 is 43.4 Å². The van der Waals surface area contributed by atoms with Gasteiger partial charge in [0.05, 0.1) is 38.6 Å². The van der Waals surface area contributed by atoms with Gasteiger partial charge in [0.1, 0.15) is 36.9 Å². The van der Waals surface area contributed by atoms with Gasteiger partial charge in [0.25, 0.3) is 0 Å². The summed E-state index contributed by atoms with van der Waals surface area (Å²) in [6.45, 7) is 8.87. The highest BCUT2D eigenvalue weighted by Gasteiger charge is 2.16. The molecule has 0 amide bonds. The van der Waals surface area contributed by atoms with Crippen molar-refractivity contribution in [2.24, 2.45) is 0 Å². The smallest absolute Gasteiger partial charge is 0.330 e. The molecule has 2 aromatic carbocycles. The Morgan fingerprint density at radius 1 is 0.569 bits per heavy atom. The summed E-state index contributed by atoms with van der Waals surface area (Å²) in [5, 5.41) is 17.4. The second-order valence-corrected chi connectivity index (χ2v) is 13.7. The number of thioether (sulfide) groups is 1. The van der Waals surface area contributed by atoms with Gasteiger partial charge in [0, 0.05) is 55.1 Å². The monoisotopic (exact) mass is 830 g/mol. The van der Waals surface area contributed by atoms with Gasteiger partial charge in [-0.05, 0) is 80.6 Å². The van der Waals surface area contributed by atoms with Gasteiger partial charge in [-0.25, -0.2) is 9.59 Å². The van der Waals surface area contributed by atoms with Gasteiger partial charge in [-0.15, -0.1) is 0 Å². The Morgan fingerprint density at radius 2 is 1.03 bits per heavy atom. The van der Waals surface area contributed by atoms with Crippen LogP contribution in [-0.4, -0.2) is 122 Å². The van der Waals surface area contributed by atoms with E-state index in [1.165, 1.54) is 11.8 Å². The number of aliphatic carboxylic acids is 2. The third-order valence-electron chi connectivity index (χ3n) is 7.97. The van der Waals surface area contributed by atoms with E-state index in [-0.39, 0.29) is 82.6 Å². The summed E-state index contributed by atoms with van der Waals surface area (Å²) in [6, 6.07) is 13.2. The highest BCUT2D eigenvalue weighted by atomic mass is 32.2. The lowest BCUT2D eigenvalue weighted by Crippen LogP contribution is -2.25. The zero-order valence-corrected chi connectivity index (χ0v) is 33.5. The molecule has 0 bridgehead atoms. The van der Waals surface area contributed by atoms with Crippen LogP contribution in [0.2, 0.25) is 0 Å². The molecule has 0 saturated heterocycles. The number of rotatable bonds is 35. The number of carbonyl (C=O) groups excluding carboxylic acids is 4. The Balaban J connectivity index is 1.63. The van der Waals surface area contributed by atoms with Crippen LogP contribution in [0.25, 0.3) is 0 Å². The predicted octanol–water partition coefficient (Wildman–Crippen LogP) is 5.78. The number of carboxylic acids is 2. The molecule has 0 fully saturated rings. The first-order chi connectivity index (χ1) is 28.0. The molecule has 0 radical (unpaired) electrons. The standard InChI is InChI=1S/C42H54O15S/c1-3-41(49)56-35(28-52-23-25-54-33-16-12-31(13-17-33)37(43)10-5-11-39(45)46)8-6-21-51-22-7-9-36(57-42(50)4-2)29-53-24-26-55-34-18-14-32(15-19-34)38(44)30-58-27-20-40(47)48/h3-4,12-19,35-36H,1-2,5-11,20-30H2,(H,45,46)(H,47,48). The van der Waals surface area contributed by atoms with Crippen LogP contribution in [-0.2, 0) is 42.9 Å². The van der Waals surface area contributed by atoms with E-state index in [4.69, 9.17) is 43.4 Å². The molecule has 58 heavy (non-hydrogen) atoms. The molecular weight excluding hydrogens is 777 g/mol. The topological polar surface area (TPSA) is 207 Å². The molecule has 0 heterocycles. The number of carboxylic acid groups (broad SMARTS) is 2. The first-order valence-electron chi connectivity index (χ1n) is 18.9. The van der Waals surface area contributed by atoms with E-state index in [0.717, 1.165) is 12.2 Å². The second kappa shape index (κ2) is 30.1. The summed E-state index contributed by atoms with van der Waals surface area (Å²) < 4.78 is 39.3. The molecule has 2 unspecified atom stereocenters. The van der Waals surface area contributed by atoms with Crippen molar-refractivity contribution in [1.82, 2.24) is 0 Å². The van der Waals surface area contributed by atoms with E-state index in [1.54, 1.807) is 48.5 Å². The molecule has 318 valence electrons. The van der Waals surface area contributed by atoms with Crippen molar-refractivity contribution >= 4 is 47.2 Å². The van der Waals surface area contributed by atoms with Gasteiger partial charge >= 0.3 is 23.9 Å². The molecule has 2 N–H and O–H groups in total. The molecule has 2 aromatic rings. The average molecular weight is 831 g/mol. The first-order valence-corrected chi connectivity index (χ1v) is 20.1. The number of Topliss-reactive ketones (excluding diaryl/α,β-unsaturated/α-hetero) is 2. The van der Waals surface area contributed by atoms with Crippen molar-refractivity contribution in [3.63, 3.8) is 0 Å². The molecule has 0 saturated carbocycles. The van der Waals surface area contributed by atoms with Gasteiger partial charge in [0.2, 0.25) is 0 Å². The quantitative estimate of drug-likeness (QED) is 0.0365. The maximum absolute atomic E-state index is 12.3. The molecule has 0 spiro atoms.